The van der Waals surface area contributed by atoms with E-state index in [1.54, 1.807) is 0 Å². The molecule has 1 atom stereocenters. The van der Waals surface area contributed by atoms with Crippen LogP contribution < -0.4 is 11.1 Å². The van der Waals surface area contributed by atoms with E-state index in [4.69, 9.17) is 5.73 Å². The van der Waals surface area contributed by atoms with Crippen LogP contribution in [0.3, 0.4) is 0 Å². The van der Waals surface area contributed by atoms with Crippen LogP contribution in [0.2, 0.25) is 0 Å². The maximum atomic E-state index is 10.9. The smallest absolute Gasteiger partial charge is 0.220 e. The van der Waals surface area contributed by atoms with Crippen molar-refractivity contribution in [2.24, 2.45) is 11.7 Å². The van der Waals surface area contributed by atoms with Gasteiger partial charge in [0.2, 0.25) is 5.91 Å². The molecule has 3 nitrogen and oxygen atoms in total. The zero-order chi connectivity index (χ0) is 8.60. The molecule has 1 heterocycles. The molecular weight excluding hydrogens is 152 g/mol. The Kier molecular flexibility index (Phi) is 1.83. The fourth-order valence-electron chi connectivity index (χ4n) is 1.77. The van der Waals surface area contributed by atoms with Crippen molar-refractivity contribution in [1.82, 2.24) is 5.32 Å². The summed E-state index contributed by atoms with van der Waals surface area (Å²) < 4.78 is 0. The van der Waals surface area contributed by atoms with Gasteiger partial charge in [0.15, 0.2) is 0 Å². The van der Waals surface area contributed by atoms with E-state index in [1.165, 1.54) is 12.8 Å². The van der Waals surface area contributed by atoms with E-state index in [0.717, 1.165) is 25.8 Å². The van der Waals surface area contributed by atoms with Crippen LogP contribution in [-0.2, 0) is 4.79 Å². The van der Waals surface area contributed by atoms with Gasteiger partial charge in [0, 0.05) is 18.5 Å². The Bertz CT molecular complexity index is 199. The molecule has 1 unspecified atom stereocenters. The highest BCUT2D eigenvalue weighted by molar-refractivity contribution is 5.78. The average molecular weight is 168 g/mol. The highest BCUT2D eigenvalue weighted by Gasteiger charge is 2.38. The molecule has 3 N–H and O–H groups in total. The molecule has 1 saturated heterocycles. The van der Waals surface area contributed by atoms with Crippen LogP contribution in [0.1, 0.15) is 32.1 Å². The lowest BCUT2D eigenvalue weighted by Crippen LogP contribution is -2.23. The molecule has 3 heteroatoms. The number of rotatable bonds is 3. The minimum absolute atomic E-state index is 0.158. The normalized spacial score (nSPS) is 31.8. The first-order chi connectivity index (χ1) is 5.68. The second kappa shape index (κ2) is 2.73. The summed E-state index contributed by atoms with van der Waals surface area (Å²) in [6, 6.07) is 0. The van der Waals surface area contributed by atoms with E-state index >= 15 is 0 Å². The Morgan fingerprint density at radius 3 is 2.83 bits per heavy atom. The van der Waals surface area contributed by atoms with Gasteiger partial charge >= 0.3 is 0 Å². The van der Waals surface area contributed by atoms with Gasteiger partial charge in [-0.2, -0.15) is 0 Å². The number of nitrogens with two attached hydrogens (primary N) is 1. The molecule has 1 aliphatic carbocycles. The second-order valence-electron chi connectivity index (χ2n) is 4.28. The SMILES string of the molecule is NC1(CCC2CNC(=O)C2)CC1. The Labute approximate surface area is 72.7 Å². The molecule has 1 aliphatic heterocycles. The first-order valence-electron chi connectivity index (χ1n) is 4.74. The number of carbonyl (C=O) groups is 1. The molecule has 2 rings (SSSR count). The molecule has 12 heavy (non-hydrogen) atoms. The third kappa shape index (κ3) is 1.78. The van der Waals surface area contributed by atoms with Crippen LogP contribution >= 0.6 is 0 Å². The Morgan fingerprint density at radius 1 is 1.58 bits per heavy atom. The molecule has 0 aromatic rings. The second-order valence-corrected chi connectivity index (χ2v) is 4.28. The predicted molar refractivity (Wildman–Crippen MR) is 46.5 cm³/mol. The first-order valence-corrected chi connectivity index (χ1v) is 4.74. The highest BCUT2D eigenvalue weighted by atomic mass is 16.1. The van der Waals surface area contributed by atoms with E-state index < -0.39 is 0 Å². The summed E-state index contributed by atoms with van der Waals surface area (Å²) in [6.07, 6.45) is 5.31. The van der Waals surface area contributed by atoms with Gasteiger partial charge < -0.3 is 11.1 Å². The van der Waals surface area contributed by atoms with Crippen molar-refractivity contribution in [1.29, 1.82) is 0 Å². The van der Waals surface area contributed by atoms with Crippen molar-refractivity contribution in [3.63, 3.8) is 0 Å². The third-order valence-corrected chi connectivity index (χ3v) is 3.00. The molecule has 2 aliphatic rings. The van der Waals surface area contributed by atoms with Crippen LogP contribution in [0, 0.1) is 5.92 Å². The molecule has 0 aromatic heterocycles. The first kappa shape index (κ1) is 8.05. The number of nitrogens with one attached hydrogen (secondary N) is 1. The number of hydrogen-bond donors (Lipinski definition) is 2. The molecule has 1 amide bonds. The summed E-state index contributed by atoms with van der Waals surface area (Å²) in [5, 5.41) is 2.85. The third-order valence-electron chi connectivity index (χ3n) is 3.00. The summed E-state index contributed by atoms with van der Waals surface area (Å²) in [5.74, 6) is 0.764. The summed E-state index contributed by atoms with van der Waals surface area (Å²) in [6.45, 7) is 0.870. The van der Waals surface area contributed by atoms with Crippen LogP contribution in [-0.4, -0.2) is 18.0 Å². The minimum atomic E-state index is 0.158. The van der Waals surface area contributed by atoms with Crippen molar-refractivity contribution in [2.75, 3.05) is 6.54 Å². The summed E-state index contributed by atoms with van der Waals surface area (Å²) in [5.41, 5.74) is 6.11. The van der Waals surface area contributed by atoms with Crippen molar-refractivity contribution < 1.29 is 4.79 Å². The van der Waals surface area contributed by atoms with E-state index in [-0.39, 0.29) is 11.4 Å². The molecule has 0 bridgehead atoms. The topological polar surface area (TPSA) is 55.1 Å². The Balaban J connectivity index is 1.70. The standard InChI is InChI=1S/C9H16N2O/c10-9(3-4-9)2-1-7-5-8(12)11-6-7/h7H,1-6,10H2,(H,11,12). The van der Waals surface area contributed by atoms with Gasteiger partial charge in [-0.05, 0) is 31.6 Å². The van der Waals surface area contributed by atoms with E-state index in [1.807, 2.05) is 0 Å². The van der Waals surface area contributed by atoms with Gasteiger partial charge in [-0.15, -0.1) is 0 Å². The van der Waals surface area contributed by atoms with Crippen LogP contribution in [0.5, 0.6) is 0 Å². The molecule has 1 saturated carbocycles. The zero-order valence-electron chi connectivity index (χ0n) is 7.31. The van der Waals surface area contributed by atoms with Crippen LogP contribution in [0.15, 0.2) is 0 Å². The van der Waals surface area contributed by atoms with Crippen molar-refractivity contribution >= 4 is 5.91 Å². The Hall–Kier alpha value is -0.570. The molecule has 2 fully saturated rings. The largest absolute Gasteiger partial charge is 0.356 e. The van der Waals surface area contributed by atoms with Gasteiger partial charge in [-0.3, -0.25) is 4.79 Å². The maximum absolute atomic E-state index is 10.9. The number of hydrogen-bond acceptors (Lipinski definition) is 2. The summed E-state index contributed by atoms with van der Waals surface area (Å²) in [4.78, 5) is 10.9. The van der Waals surface area contributed by atoms with E-state index in [2.05, 4.69) is 5.32 Å². The zero-order valence-corrected chi connectivity index (χ0v) is 7.31. The number of carbonyl (C=O) groups excluding carboxylic acids is 1. The van der Waals surface area contributed by atoms with E-state index in [0.29, 0.717) is 5.92 Å². The van der Waals surface area contributed by atoms with Gasteiger partial charge in [-0.1, -0.05) is 0 Å². The summed E-state index contributed by atoms with van der Waals surface area (Å²) in [7, 11) is 0. The van der Waals surface area contributed by atoms with Crippen LogP contribution in [0.25, 0.3) is 0 Å². The highest BCUT2D eigenvalue weighted by Crippen LogP contribution is 2.38. The van der Waals surface area contributed by atoms with Gasteiger partial charge in [0.05, 0.1) is 0 Å². The summed E-state index contributed by atoms with van der Waals surface area (Å²) >= 11 is 0. The number of amides is 1. The van der Waals surface area contributed by atoms with Crippen molar-refractivity contribution in [3.05, 3.63) is 0 Å². The lowest BCUT2D eigenvalue weighted by Gasteiger charge is -2.11. The minimum Gasteiger partial charge on any atom is -0.356 e. The average Bonchev–Trinajstić information content (AvgIpc) is 2.60. The maximum Gasteiger partial charge on any atom is 0.220 e. The van der Waals surface area contributed by atoms with Crippen molar-refractivity contribution in [2.45, 2.75) is 37.6 Å². The van der Waals surface area contributed by atoms with Gasteiger partial charge in [0.1, 0.15) is 0 Å². The fourth-order valence-corrected chi connectivity index (χ4v) is 1.77. The molecule has 0 radical (unpaired) electrons. The van der Waals surface area contributed by atoms with Gasteiger partial charge in [0.25, 0.3) is 0 Å². The molecule has 68 valence electrons. The fraction of sp³-hybridized carbons (Fsp3) is 0.889. The quantitative estimate of drug-likeness (QED) is 0.640. The monoisotopic (exact) mass is 168 g/mol. The lowest BCUT2D eigenvalue weighted by atomic mass is 9.98. The molecular formula is C9H16N2O. The van der Waals surface area contributed by atoms with Gasteiger partial charge in [-0.25, -0.2) is 0 Å². The molecule has 0 aromatic carbocycles. The van der Waals surface area contributed by atoms with Crippen LogP contribution in [0.4, 0.5) is 0 Å². The van der Waals surface area contributed by atoms with Crippen molar-refractivity contribution in [3.8, 4) is 0 Å². The Morgan fingerprint density at radius 2 is 2.33 bits per heavy atom. The predicted octanol–water partition coefficient (Wildman–Crippen LogP) is 0.394. The lowest BCUT2D eigenvalue weighted by molar-refractivity contribution is -0.119. The molecule has 0 spiro atoms. The van der Waals surface area contributed by atoms with E-state index in [9.17, 15) is 4.79 Å².